The van der Waals surface area contributed by atoms with Crippen molar-refractivity contribution in [3.63, 3.8) is 0 Å². The average Bonchev–Trinajstić information content (AvgIpc) is 2.82. The zero-order valence-corrected chi connectivity index (χ0v) is 24.2. The molecule has 1 fully saturated rings. The molecule has 1 saturated heterocycles. The zero-order chi connectivity index (χ0) is 28.1. The molecule has 0 aliphatic carbocycles. The normalized spacial score (nSPS) is 16.4. The SMILES string of the molecule is Cc1ccnc(C(C)C)c1-n1c(=O)nc(N2CCN(C(=O)OC(C)(C)C)C[C@@H]2C)c2cc(F)c(Br)c(F)c21. The number of aromatic nitrogens is 3. The highest BCUT2D eigenvalue weighted by atomic mass is 79.9. The van der Waals surface area contributed by atoms with Crippen LogP contribution >= 0.6 is 15.9 Å². The van der Waals surface area contributed by atoms with Crippen LogP contribution < -0.4 is 10.6 Å². The topological polar surface area (TPSA) is 80.6 Å². The van der Waals surface area contributed by atoms with Gasteiger partial charge in [-0.2, -0.15) is 4.98 Å². The molecule has 8 nitrogen and oxygen atoms in total. The Morgan fingerprint density at radius 3 is 2.53 bits per heavy atom. The fourth-order valence-electron chi connectivity index (χ4n) is 4.75. The van der Waals surface area contributed by atoms with E-state index in [9.17, 15) is 14.0 Å². The first-order valence-corrected chi connectivity index (χ1v) is 13.3. The van der Waals surface area contributed by atoms with Gasteiger partial charge in [0.1, 0.15) is 17.2 Å². The average molecular weight is 592 g/mol. The molecule has 0 N–H and O–H groups in total. The van der Waals surface area contributed by atoms with Crippen LogP contribution in [0.25, 0.3) is 16.6 Å². The second-order valence-electron chi connectivity index (χ2n) is 10.9. The monoisotopic (exact) mass is 591 g/mol. The molecule has 11 heteroatoms. The molecule has 1 amide bonds. The lowest BCUT2D eigenvalue weighted by molar-refractivity contribution is 0.0218. The Morgan fingerprint density at radius 2 is 1.92 bits per heavy atom. The van der Waals surface area contributed by atoms with Gasteiger partial charge in [-0.1, -0.05) is 13.8 Å². The molecular weight excluding hydrogens is 560 g/mol. The first kappa shape index (κ1) is 27.9. The van der Waals surface area contributed by atoms with Crippen LogP contribution in [0.4, 0.5) is 19.4 Å². The van der Waals surface area contributed by atoms with Crippen molar-refractivity contribution in [3.05, 3.63) is 56.2 Å². The van der Waals surface area contributed by atoms with Crippen LogP contribution in [-0.2, 0) is 4.74 Å². The largest absolute Gasteiger partial charge is 0.444 e. The molecule has 1 atom stereocenters. The molecule has 3 aromatic rings. The third-order valence-corrected chi connectivity index (χ3v) is 7.20. The highest BCUT2D eigenvalue weighted by molar-refractivity contribution is 9.10. The number of rotatable bonds is 3. The fraction of sp³-hybridized carbons (Fsp3) is 0.481. The number of pyridine rings is 1. The Labute approximate surface area is 228 Å². The van der Waals surface area contributed by atoms with Gasteiger partial charge in [0.25, 0.3) is 0 Å². The molecular formula is C27H32BrF2N5O3. The van der Waals surface area contributed by atoms with E-state index < -0.39 is 29.0 Å². The maximum atomic E-state index is 15.8. The molecule has 0 unspecified atom stereocenters. The van der Waals surface area contributed by atoms with Crippen molar-refractivity contribution in [2.45, 2.75) is 66.0 Å². The van der Waals surface area contributed by atoms with Crippen LogP contribution in [0, 0.1) is 18.6 Å². The predicted molar refractivity (Wildman–Crippen MR) is 146 cm³/mol. The fourth-order valence-corrected chi connectivity index (χ4v) is 5.05. The van der Waals surface area contributed by atoms with E-state index in [0.717, 1.165) is 0 Å². The molecule has 0 radical (unpaired) electrons. The smallest absolute Gasteiger partial charge is 0.410 e. The van der Waals surface area contributed by atoms with Gasteiger partial charge in [-0.15, -0.1) is 0 Å². The summed E-state index contributed by atoms with van der Waals surface area (Å²) in [7, 11) is 0. The molecule has 2 aromatic heterocycles. The summed E-state index contributed by atoms with van der Waals surface area (Å²) in [6.07, 6.45) is 1.20. The van der Waals surface area contributed by atoms with E-state index in [1.807, 2.05) is 27.7 Å². The second kappa shape index (κ2) is 10.2. The van der Waals surface area contributed by atoms with Gasteiger partial charge in [0.2, 0.25) is 0 Å². The van der Waals surface area contributed by atoms with E-state index in [0.29, 0.717) is 36.6 Å². The van der Waals surface area contributed by atoms with Crippen LogP contribution in [0.2, 0.25) is 0 Å². The summed E-state index contributed by atoms with van der Waals surface area (Å²) in [5, 5.41) is 0.151. The van der Waals surface area contributed by atoms with Gasteiger partial charge in [0, 0.05) is 37.3 Å². The number of fused-ring (bicyclic) bond motifs is 1. The van der Waals surface area contributed by atoms with Crippen LogP contribution in [0.5, 0.6) is 0 Å². The van der Waals surface area contributed by atoms with Gasteiger partial charge in [0.15, 0.2) is 5.82 Å². The molecule has 1 aromatic carbocycles. The minimum Gasteiger partial charge on any atom is -0.444 e. The standard InChI is InChI=1S/C27H32BrF2N5O3/c1-14(2)21-22(15(3)8-9-31-21)35-23-17(12-18(29)19(28)20(23)30)24(32-25(35)36)34-11-10-33(13-16(34)4)26(37)38-27(5,6)7/h8-9,12,14,16H,10-11,13H2,1-7H3/t16-/m0/s1. The molecule has 0 bridgehead atoms. The van der Waals surface area contributed by atoms with Crippen molar-refractivity contribution in [1.29, 1.82) is 0 Å². The van der Waals surface area contributed by atoms with Gasteiger partial charge in [-0.25, -0.2) is 18.4 Å². The first-order valence-electron chi connectivity index (χ1n) is 12.5. The number of piperazine rings is 1. The molecule has 38 heavy (non-hydrogen) atoms. The van der Waals surface area contributed by atoms with Gasteiger partial charge >= 0.3 is 11.8 Å². The van der Waals surface area contributed by atoms with Gasteiger partial charge in [0.05, 0.1) is 21.4 Å². The number of carbonyl (C=O) groups excluding carboxylic acids is 1. The summed E-state index contributed by atoms with van der Waals surface area (Å²) in [5.41, 5.74) is 0.305. The van der Waals surface area contributed by atoms with E-state index in [2.05, 4.69) is 25.9 Å². The van der Waals surface area contributed by atoms with E-state index in [1.54, 1.807) is 42.8 Å². The number of benzene rings is 1. The van der Waals surface area contributed by atoms with Crippen LogP contribution in [0.1, 0.15) is 58.7 Å². The number of hydrogen-bond acceptors (Lipinski definition) is 6. The third kappa shape index (κ3) is 5.12. The Kier molecular flexibility index (Phi) is 7.53. The molecule has 0 spiro atoms. The summed E-state index contributed by atoms with van der Waals surface area (Å²) in [4.78, 5) is 38.5. The molecule has 3 heterocycles. The number of amides is 1. The highest BCUT2D eigenvalue weighted by Crippen LogP contribution is 2.36. The van der Waals surface area contributed by atoms with Gasteiger partial charge in [-0.3, -0.25) is 9.55 Å². The number of ether oxygens (including phenoxy) is 1. The summed E-state index contributed by atoms with van der Waals surface area (Å²) in [6.45, 7) is 13.8. The maximum Gasteiger partial charge on any atom is 0.410 e. The first-order chi connectivity index (χ1) is 17.7. The van der Waals surface area contributed by atoms with Crippen molar-refractivity contribution in [2.24, 2.45) is 0 Å². The number of hydrogen-bond donors (Lipinski definition) is 0. The van der Waals surface area contributed by atoms with Crippen molar-refractivity contribution in [1.82, 2.24) is 19.4 Å². The summed E-state index contributed by atoms with van der Waals surface area (Å²) in [6, 6.07) is 2.62. The third-order valence-electron chi connectivity index (χ3n) is 6.47. The van der Waals surface area contributed by atoms with Crippen molar-refractivity contribution >= 4 is 38.7 Å². The summed E-state index contributed by atoms with van der Waals surface area (Å²) >= 11 is 3.00. The van der Waals surface area contributed by atoms with Gasteiger partial charge in [-0.05, 0) is 74.2 Å². The Hall–Kier alpha value is -3.08. The zero-order valence-electron chi connectivity index (χ0n) is 22.6. The second-order valence-corrected chi connectivity index (χ2v) is 11.7. The number of anilines is 1. The van der Waals surface area contributed by atoms with E-state index >= 15 is 4.39 Å². The number of halogens is 3. The van der Waals surface area contributed by atoms with E-state index in [-0.39, 0.29) is 33.2 Å². The Balaban J connectivity index is 1.90. The molecule has 4 rings (SSSR count). The lowest BCUT2D eigenvalue weighted by atomic mass is 10.0. The van der Waals surface area contributed by atoms with Crippen LogP contribution in [-0.4, -0.2) is 56.8 Å². The summed E-state index contributed by atoms with van der Waals surface area (Å²) in [5.74, 6) is -1.62. The number of aryl methyl sites for hydroxylation is 1. The predicted octanol–water partition coefficient (Wildman–Crippen LogP) is 5.70. The maximum absolute atomic E-state index is 15.8. The van der Waals surface area contributed by atoms with Gasteiger partial charge < -0.3 is 14.5 Å². The minimum absolute atomic E-state index is 0.0700. The van der Waals surface area contributed by atoms with Crippen LogP contribution in [0.3, 0.4) is 0 Å². The van der Waals surface area contributed by atoms with Crippen molar-refractivity contribution in [2.75, 3.05) is 24.5 Å². The van der Waals surface area contributed by atoms with E-state index in [4.69, 9.17) is 4.74 Å². The number of carbonyl (C=O) groups is 1. The molecule has 204 valence electrons. The van der Waals surface area contributed by atoms with Crippen LogP contribution in [0.15, 0.2) is 27.6 Å². The molecule has 1 aliphatic heterocycles. The lowest BCUT2D eigenvalue weighted by Gasteiger charge is -2.41. The van der Waals surface area contributed by atoms with Crippen molar-refractivity contribution < 1.29 is 18.3 Å². The quantitative estimate of drug-likeness (QED) is 0.363. The highest BCUT2D eigenvalue weighted by Gasteiger charge is 2.33. The molecule has 1 aliphatic rings. The number of nitrogens with zero attached hydrogens (tertiary/aromatic N) is 5. The van der Waals surface area contributed by atoms with Crippen molar-refractivity contribution in [3.8, 4) is 5.69 Å². The summed E-state index contributed by atoms with van der Waals surface area (Å²) < 4.78 is 37.1. The van der Waals surface area contributed by atoms with E-state index in [1.165, 1.54) is 10.6 Å². The Bertz CT molecular complexity index is 1470. The minimum atomic E-state index is -0.904. The molecule has 0 saturated carbocycles. The lowest BCUT2D eigenvalue weighted by Crippen LogP contribution is -2.55. The Morgan fingerprint density at radius 1 is 1.24 bits per heavy atom.